The van der Waals surface area contributed by atoms with E-state index in [1.807, 2.05) is 0 Å². The maximum atomic E-state index is 13.7. The van der Waals surface area contributed by atoms with Crippen LogP contribution in [-0.2, 0) is 6.18 Å². The maximum absolute atomic E-state index is 13.7. The summed E-state index contributed by atoms with van der Waals surface area (Å²) in [6.45, 7) is 0. The Balaban J connectivity index is 1.71. The molecule has 0 atom stereocenters. The van der Waals surface area contributed by atoms with E-state index >= 15 is 0 Å². The SMILES string of the molecule is NC(=O)c1ccc(C#Cc2cc3nc(-c4ccc(C(F)(F)F)cc4)cc(C(F)F)n3n2)cn1. The Morgan fingerprint density at radius 1 is 1.03 bits per heavy atom. The summed E-state index contributed by atoms with van der Waals surface area (Å²) in [5.41, 5.74) is 4.76. The Bertz CT molecular complexity index is 1400. The molecule has 4 aromatic rings. The lowest BCUT2D eigenvalue weighted by molar-refractivity contribution is -0.137. The molecule has 3 aromatic heterocycles. The van der Waals surface area contributed by atoms with E-state index in [1.165, 1.54) is 24.4 Å². The van der Waals surface area contributed by atoms with Gasteiger partial charge in [0.15, 0.2) is 5.65 Å². The van der Waals surface area contributed by atoms with Gasteiger partial charge in [-0.3, -0.25) is 4.79 Å². The number of hydrogen-bond acceptors (Lipinski definition) is 4. The molecule has 0 aliphatic rings. The smallest absolute Gasteiger partial charge is 0.364 e. The standard InChI is InChI=1S/C22H12F5N5O/c23-20(24)18-10-17(13-3-5-14(6-4-13)22(25,26)27)30-19-9-15(31-32(18)19)7-1-12-2-8-16(21(28)33)29-11-12/h2-6,8-11,20H,(H2,28,33). The first-order valence-electron chi connectivity index (χ1n) is 9.26. The van der Waals surface area contributed by atoms with Crippen LogP contribution in [0.1, 0.15) is 39.4 Å². The van der Waals surface area contributed by atoms with Gasteiger partial charge in [0.1, 0.15) is 17.1 Å². The summed E-state index contributed by atoms with van der Waals surface area (Å²) in [6, 6.07) is 9.38. The van der Waals surface area contributed by atoms with Gasteiger partial charge in [-0.2, -0.15) is 18.3 Å². The highest BCUT2D eigenvalue weighted by atomic mass is 19.4. The van der Waals surface area contributed by atoms with Gasteiger partial charge in [0.2, 0.25) is 0 Å². The number of halogens is 5. The molecule has 0 radical (unpaired) electrons. The topological polar surface area (TPSA) is 86.2 Å². The molecule has 1 aromatic carbocycles. The number of carbonyl (C=O) groups excluding carboxylic acids is 1. The fourth-order valence-electron chi connectivity index (χ4n) is 2.94. The van der Waals surface area contributed by atoms with Crippen LogP contribution < -0.4 is 5.73 Å². The average molecular weight is 457 g/mol. The van der Waals surface area contributed by atoms with E-state index in [2.05, 4.69) is 26.9 Å². The monoisotopic (exact) mass is 457 g/mol. The Labute approximate surface area is 182 Å². The number of primary amides is 1. The van der Waals surface area contributed by atoms with Crippen LogP contribution in [0.2, 0.25) is 0 Å². The molecule has 1 amide bonds. The first-order valence-corrected chi connectivity index (χ1v) is 9.26. The second kappa shape index (κ2) is 8.31. The van der Waals surface area contributed by atoms with Crippen molar-refractivity contribution in [3.05, 3.63) is 82.9 Å². The van der Waals surface area contributed by atoms with Crippen LogP contribution in [0.3, 0.4) is 0 Å². The Hall–Kier alpha value is -4.33. The molecule has 166 valence electrons. The minimum absolute atomic E-state index is 0.0502. The van der Waals surface area contributed by atoms with E-state index in [-0.39, 0.29) is 28.3 Å². The second-order valence-electron chi connectivity index (χ2n) is 6.79. The third-order valence-corrected chi connectivity index (χ3v) is 4.54. The zero-order valence-electron chi connectivity index (χ0n) is 16.4. The normalized spacial score (nSPS) is 11.5. The van der Waals surface area contributed by atoms with Crippen LogP contribution in [0.15, 0.2) is 54.7 Å². The van der Waals surface area contributed by atoms with Crippen LogP contribution in [-0.4, -0.2) is 25.5 Å². The van der Waals surface area contributed by atoms with Crippen molar-refractivity contribution in [3.8, 4) is 23.1 Å². The van der Waals surface area contributed by atoms with Crippen molar-refractivity contribution in [2.24, 2.45) is 5.73 Å². The van der Waals surface area contributed by atoms with Gasteiger partial charge in [-0.1, -0.05) is 18.1 Å². The minimum Gasteiger partial charge on any atom is -0.364 e. The van der Waals surface area contributed by atoms with E-state index in [0.717, 1.165) is 34.8 Å². The predicted octanol–water partition coefficient (Wildman–Crippen LogP) is 4.25. The number of pyridine rings is 1. The van der Waals surface area contributed by atoms with E-state index in [4.69, 9.17) is 5.73 Å². The molecule has 0 aliphatic heterocycles. The number of amides is 1. The molecule has 6 nitrogen and oxygen atoms in total. The number of aromatic nitrogens is 4. The second-order valence-corrected chi connectivity index (χ2v) is 6.79. The number of fused-ring (bicyclic) bond motifs is 1. The van der Waals surface area contributed by atoms with Crippen molar-refractivity contribution in [1.29, 1.82) is 0 Å². The number of alkyl halides is 5. The van der Waals surface area contributed by atoms with Gasteiger partial charge in [-0.15, -0.1) is 0 Å². The molecule has 4 rings (SSSR count). The average Bonchev–Trinajstić information content (AvgIpc) is 3.19. The molecule has 3 heterocycles. The van der Waals surface area contributed by atoms with Gasteiger partial charge >= 0.3 is 6.18 Å². The molecule has 0 unspecified atom stereocenters. The van der Waals surface area contributed by atoms with Crippen molar-refractivity contribution in [2.45, 2.75) is 12.6 Å². The molecular formula is C22H12F5N5O. The largest absolute Gasteiger partial charge is 0.416 e. The fraction of sp³-hybridized carbons (Fsp3) is 0.0909. The molecule has 33 heavy (non-hydrogen) atoms. The van der Waals surface area contributed by atoms with Gasteiger partial charge < -0.3 is 5.73 Å². The molecule has 0 fully saturated rings. The van der Waals surface area contributed by atoms with Crippen molar-refractivity contribution in [2.75, 3.05) is 0 Å². The minimum atomic E-state index is -4.52. The third kappa shape index (κ3) is 4.64. The highest BCUT2D eigenvalue weighted by molar-refractivity contribution is 5.90. The zero-order valence-corrected chi connectivity index (χ0v) is 16.4. The highest BCUT2D eigenvalue weighted by Gasteiger charge is 2.30. The zero-order chi connectivity index (χ0) is 23.8. The molecule has 0 saturated heterocycles. The van der Waals surface area contributed by atoms with Gasteiger partial charge in [0.05, 0.1) is 11.3 Å². The van der Waals surface area contributed by atoms with E-state index in [9.17, 15) is 26.7 Å². The quantitative estimate of drug-likeness (QED) is 0.368. The van der Waals surface area contributed by atoms with Crippen molar-refractivity contribution in [1.82, 2.24) is 19.6 Å². The first-order chi connectivity index (χ1) is 15.6. The molecule has 0 spiro atoms. The molecular weight excluding hydrogens is 445 g/mol. The van der Waals surface area contributed by atoms with Crippen LogP contribution in [0.4, 0.5) is 22.0 Å². The number of rotatable bonds is 3. The fourth-order valence-corrected chi connectivity index (χ4v) is 2.94. The Morgan fingerprint density at radius 3 is 2.33 bits per heavy atom. The van der Waals surface area contributed by atoms with Crippen LogP contribution >= 0.6 is 0 Å². The summed E-state index contributed by atoms with van der Waals surface area (Å²) in [5.74, 6) is 4.75. The van der Waals surface area contributed by atoms with Crippen molar-refractivity contribution >= 4 is 11.6 Å². The van der Waals surface area contributed by atoms with Gasteiger partial charge in [0.25, 0.3) is 12.3 Å². The van der Waals surface area contributed by atoms with Gasteiger partial charge in [0, 0.05) is 23.4 Å². The molecule has 0 saturated carbocycles. The molecule has 0 aliphatic carbocycles. The summed E-state index contributed by atoms with van der Waals surface area (Å²) in [7, 11) is 0. The number of nitrogens with zero attached hydrogens (tertiary/aromatic N) is 4. The van der Waals surface area contributed by atoms with E-state index in [1.54, 1.807) is 0 Å². The summed E-state index contributed by atoms with van der Waals surface area (Å²) < 4.78 is 66.6. The number of hydrogen-bond donors (Lipinski definition) is 1. The van der Waals surface area contributed by atoms with Gasteiger partial charge in [-0.25, -0.2) is 23.3 Å². The maximum Gasteiger partial charge on any atom is 0.416 e. The van der Waals surface area contributed by atoms with Crippen molar-refractivity contribution in [3.63, 3.8) is 0 Å². The van der Waals surface area contributed by atoms with Crippen LogP contribution in [0.25, 0.3) is 16.9 Å². The van der Waals surface area contributed by atoms with Crippen molar-refractivity contribution < 1.29 is 26.7 Å². The number of benzene rings is 1. The highest BCUT2D eigenvalue weighted by Crippen LogP contribution is 2.31. The lowest BCUT2D eigenvalue weighted by Crippen LogP contribution is -2.12. The van der Waals surface area contributed by atoms with Gasteiger partial charge in [-0.05, 0) is 36.3 Å². The summed E-state index contributed by atoms with van der Waals surface area (Å²) in [6.07, 6.45) is -6.11. The lowest BCUT2D eigenvalue weighted by Gasteiger charge is -2.09. The molecule has 0 bridgehead atoms. The Morgan fingerprint density at radius 2 is 1.76 bits per heavy atom. The third-order valence-electron chi connectivity index (χ3n) is 4.54. The summed E-state index contributed by atoms with van der Waals surface area (Å²) >= 11 is 0. The number of carbonyl (C=O) groups is 1. The molecule has 11 heteroatoms. The van der Waals surface area contributed by atoms with Crippen LogP contribution in [0, 0.1) is 11.8 Å². The number of nitrogens with two attached hydrogens (primary N) is 1. The predicted molar refractivity (Wildman–Crippen MR) is 107 cm³/mol. The molecule has 2 N–H and O–H groups in total. The van der Waals surface area contributed by atoms with E-state index in [0.29, 0.717) is 5.56 Å². The Kier molecular flexibility index (Phi) is 5.51. The summed E-state index contributed by atoms with van der Waals surface area (Å²) in [5, 5.41) is 4.03. The van der Waals surface area contributed by atoms with E-state index < -0.39 is 29.8 Å². The summed E-state index contributed by atoms with van der Waals surface area (Å²) in [4.78, 5) is 19.2. The first kappa shape index (κ1) is 21.9. The lowest BCUT2D eigenvalue weighted by atomic mass is 10.1. The van der Waals surface area contributed by atoms with Crippen LogP contribution in [0.5, 0.6) is 0 Å².